The van der Waals surface area contributed by atoms with E-state index in [-0.39, 0.29) is 17.9 Å². The first-order chi connectivity index (χ1) is 14.9. The number of aromatic nitrogens is 1. The highest BCUT2D eigenvalue weighted by molar-refractivity contribution is 5.93. The number of benzene rings is 1. The van der Waals surface area contributed by atoms with Gasteiger partial charge in [-0.3, -0.25) is 14.6 Å². The highest BCUT2D eigenvalue weighted by Gasteiger charge is 2.67. The minimum atomic E-state index is -0.687. The summed E-state index contributed by atoms with van der Waals surface area (Å²) in [6, 6.07) is 11.9. The molecule has 4 atom stereocenters. The third kappa shape index (κ3) is 3.26. The Morgan fingerprint density at radius 2 is 2.10 bits per heavy atom. The molecule has 6 heteroatoms. The lowest BCUT2D eigenvalue weighted by Gasteiger charge is -2.27. The lowest BCUT2D eigenvalue weighted by molar-refractivity contribution is -0.142. The van der Waals surface area contributed by atoms with Crippen LogP contribution >= 0.6 is 0 Å². The summed E-state index contributed by atoms with van der Waals surface area (Å²) < 4.78 is 6.26. The largest absolute Gasteiger partial charge is 0.360 e. The van der Waals surface area contributed by atoms with Crippen LogP contribution in [0.25, 0.3) is 0 Å². The number of rotatable bonds is 5. The van der Waals surface area contributed by atoms with E-state index in [9.17, 15) is 9.59 Å². The summed E-state index contributed by atoms with van der Waals surface area (Å²) in [6.07, 6.45) is 5.34. The second-order valence-electron chi connectivity index (χ2n) is 9.03. The van der Waals surface area contributed by atoms with E-state index in [1.807, 2.05) is 35.3 Å². The molecule has 1 spiro atoms. The molecule has 0 radical (unpaired) electrons. The summed E-state index contributed by atoms with van der Waals surface area (Å²) in [5, 5.41) is 0. The molecule has 1 aromatic heterocycles. The minimum absolute atomic E-state index is 0.00895. The zero-order chi connectivity index (χ0) is 21.8. The van der Waals surface area contributed by atoms with Crippen LogP contribution in [0.3, 0.4) is 0 Å². The van der Waals surface area contributed by atoms with Crippen LogP contribution in [0.4, 0.5) is 0 Å². The zero-order valence-corrected chi connectivity index (χ0v) is 18.1. The van der Waals surface area contributed by atoms with Crippen molar-refractivity contribution >= 4 is 11.8 Å². The Kier molecular flexibility index (Phi) is 4.70. The summed E-state index contributed by atoms with van der Waals surface area (Å²) in [4.78, 5) is 34.7. The van der Waals surface area contributed by atoms with Crippen LogP contribution in [0, 0.1) is 25.7 Å². The highest BCUT2D eigenvalue weighted by atomic mass is 16.5. The van der Waals surface area contributed by atoms with Crippen molar-refractivity contribution in [3.05, 3.63) is 77.1 Å². The standard InChI is InChI=1S/C25H27N3O3/c1-16-7-8-18(12-17(16)2)13-28-15-25-10-9-20(31-25)21(22(25)24(28)30)23(29)27(3)14-19-6-4-5-11-26-19/h4-12,20-22H,13-15H2,1-3H3/t20-,21?,22?,25-/m0/s1. The van der Waals surface area contributed by atoms with Crippen LogP contribution in [0.15, 0.2) is 54.7 Å². The molecule has 2 amide bonds. The molecule has 0 saturated carbocycles. The van der Waals surface area contributed by atoms with Gasteiger partial charge in [0, 0.05) is 19.8 Å². The van der Waals surface area contributed by atoms with Crippen molar-refractivity contribution in [2.24, 2.45) is 11.8 Å². The number of fused-ring (bicyclic) bond motifs is 1. The molecular weight excluding hydrogens is 390 g/mol. The SMILES string of the molecule is Cc1ccc(CN2C[C@]34C=C[C@H](O3)C(C(=O)N(C)Cc3ccccn3)C4C2=O)cc1C. The number of carbonyl (C=O) groups is 2. The Balaban J connectivity index is 1.36. The Morgan fingerprint density at radius 1 is 1.26 bits per heavy atom. The number of nitrogens with zero attached hydrogens (tertiary/aromatic N) is 3. The first kappa shape index (κ1) is 19.9. The van der Waals surface area contributed by atoms with Crippen molar-refractivity contribution in [1.29, 1.82) is 0 Å². The van der Waals surface area contributed by atoms with Gasteiger partial charge in [-0.25, -0.2) is 0 Å². The lowest BCUT2D eigenvalue weighted by Crippen LogP contribution is -2.44. The minimum Gasteiger partial charge on any atom is -0.360 e. The Bertz CT molecular complexity index is 1070. The molecule has 5 rings (SSSR count). The van der Waals surface area contributed by atoms with Gasteiger partial charge in [-0.05, 0) is 42.7 Å². The van der Waals surface area contributed by atoms with Crippen LogP contribution < -0.4 is 0 Å². The molecule has 160 valence electrons. The number of likely N-dealkylation sites (tertiary alicyclic amines) is 1. The molecule has 3 aliphatic rings. The van der Waals surface area contributed by atoms with E-state index in [1.165, 1.54) is 11.1 Å². The van der Waals surface area contributed by atoms with Gasteiger partial charge in [0.15, 0.2) is 0 Å². The van der Waals surface area contributed by atoms with Gasteiger partial charge in [0.25, 0.3) is 0 Å². The predicted octanol–water partition coefficient (Wildman–Crippen LogP) is 2.64. The summed E-state index contributed by atoms with van der Waals surface area (Å²) >= 11 is 0. The maximum atomic E-state index is 13.5. The van der Waals surface area contributed by atoms with Gasteiger partial charge in [0.1, 0.15) is 5.60 Å². The van der Waals surface area contributed by atoms with E-state index >= 15 is 0 Å². The zero-order valence-electron chi connectivity index (χ0n) is 18.1. The molecule has 1 aromatic carbocycles. The molecule has 31 heavy (non-hydrogen) atoms. The smallest absolute Gasteiger partial charge is 0.230 e. The summed E-state index contributed by atoms with van der Waals surface area (Å²) in [7, 11) is 1.77. The Labute approximate surface area is 182 Å². The van der Waals surface area contributed by atoms with E-state index in [0.29, 0.717) is 19.6 Å². The molecule has 2 bridgehead atoms. The fourth-order valence-electron chi connectivity index (χ4n) is 5.18. The van der Waals surface area contributed by atoms with E-state index in [0.717, 1.165) is 11.3 Å². The monoisotopic (exact) mass is 417 g/mol. The summed E-state index contributed by atoms with van der Waals surface area (Å²) in [5.41, 5.74) is 3.68. The normalized spacial score (nSPS) is 28.3. The first-order valence-corrected chi connectivity index (χ1v) is 10.7. The van der Waals surface area contributed by atoms with Crippen molar-refractivity contribution in [1.82, 2.24) is 14.8 Å². The van der Waals surface area contributed by atoms with Crippen LogP contribution in [-0.2, 0) is 27.4 Å². The molecule has 2 unspecified atom stereocenters. The molecule has 4 heterocycles. The second-order valence-corrected chi connectivity index (χ2v) is 9.03. The molecule has 0 aliphatic carbocycles. The van der Waals surface area contributed by atoms with Gasteiger partial charge in [-0.1, -0.05) is 36.4 Å². The number of aryl methyl sites for hydroxylation is 2. The topological polar surface area (TPSA) is 62.7 Å². The Morgan fingerprint density at radius 3 is 2.84 bits per heavy atom. The quantitative estimate of drug-likeness (QED) is 0.702. The van der Waals surface area contributed by atoms with E-state index in [2.05, 4.69) is 37.0 Å². The van der Waals surface area contributed by atoms with Gasteiger partial charge >= 0.3 is 0 Å². The fourth-order valence-corrected chi connectivity index (χ4v) is 5.18. The molecule has 0 N–H and O–H groups in total. The van der Waals surface area contributed by atoms with Crippen molar-refractivity contribution in [2.45, 2.75) is 38.6 Å². The van der Waals surface area contributed by atoms with Gasteiger partial charge in [0.2, 0.25) is 11.8 Å². The summed E-state index contributed by atoms with van der Waals surface area (Å²) in [5.74, 6) is -1.01. The number of amides is 2. The van der Waals surface area contributed by atoms with Gasteiger partial charge in [0.05, 0.1) is 36.7 Å². The van der Waals surface area contributed by atoms with E-state index in [1.54, 1.807) is 18.1 Å². The fraction of sp³-hybridized carbons (Fsp3) is 0.400. The van der Waals surface area contributed by atoms with Crippen LogP contribution in [0.5, 0.6) is 0 Å². The number of carbonyl (C=O) groups excluding carboxylic acids is 2. The molecule has 2 aromatic rings. The van der Waals surface area contributed by atoms with Crippen LogP contribution in [0.1, 0.15) is 22.4 Å². The predicted molar refractivity (Wildman–Crippen MR) is 116 cm³/mol. The average molecular weight is 418 g/mol. The molecule has 2 fully saturated rings. The third-order valence-electron chi connectivity index (χ3n) is 6.91. The molecule has 3 aliphatic heterocycles. The highest BCUT2D eigenvalue weighted by Crippen LogP contribution is 2.52. The number of pyridine rings is 1. The third-order valence-corrected chi connectivity index (χ3v) is 6.91. The van der Waals surface area contributed by atoms with Crippen LogP contribution in [-0.4, -0.2) is 51.9 Å². The number of hydrogen-bond donors (Lipinski definition) is 0. The first-order valence-electron chi connectivity index (χ1n) is 10.7. The lowest BCUT2D eigenvalue weighted by atomic mass is 9.76. The molecule has 6 nitrogen and oxygen atoms in total. The maximum Gasteiger partial charge on any atom is 0.230 e. The summed E-state index contributed by atoms with van der Waals surface area (Å²) in [6.45, 7) is 5.60. The molecular formula is C25H27N3O3. The molecule has 2 saturated heterocycles. The second kappa shape index (κ2) is 7.31. The van der Waals surface area contributed by atoms with Gasteiger partial charge < -0.3 is 14.5 Å². The van der Waals surface area contributed by atoms with Crippen LogP contribution in [0.2, 0.25) is 0 Å². The number of hydrogen-bond acceptors (Lipinski definition) is 4. The number of ether oxygens (including phenoxy) is 1. The van der Waals surface area contributed by atoms with Crippen molar-refractivity contribution in [2.75, 3.05) is 13.6 Å². The van der Waals surface area contributed by atoms with Gasteiger partial charge in [-0.2, -0.15) is 0 Å². The van der Waals surface area contributed by atoms with E-state index in [4.69, 9.17) is 4.74 Å². The van der Waals surface area contributed by atoms with Crippen molar-refractivity contribution in [3.63, 3.8) is 0 Å². The van der Waals surface area contributed by atoms with Gasteiger partial charge in [-0.15, -0.1) is 0 Å². The van der Waals surface area contributed by atoms with Crippen molar-refractivity contribution in [3.8, 4) is 0 Å². The Hall–Kier alpha value is -2.99. The average Bonchev–Trinajstić information content (AvgIpc) is 3.39. The maximum absolute atomic E-state index is 13.5. The van der Waals surface area contributed by atoms with E-state index < -0.39 is 17.4 Å². The van der Waals surface area contributed by atoms with Crippen molar-refractivity contribution < 1.29 is 14.3 Å².